The summed E-state index contributed by atoms with van der Waals surface area (Å²) in [5.74, 6) is -1.81. The molecule has 0 spiro atoms. The molecule has 0 fully saturated rings. The quantitative estimate of drug-likeness (QED) is 0.833. The Hall–Kier alpha value is -2.40. The van der Waals surface area contributed by atoms with Gasteiger partial charge in [-0.1, -0.05) is 41.4 Å². The minimum atomic E-state index is -1.04. The summed E-state index contributed by atoms with van der Waals surface area (Å²) in [6.07, 6.45) is -0.981. The minimum absolute atomic E-state index is 0.0224. The molecule has 2 rings (SSSR count). The van der Waals surface area contributed by atoms with Gasteiger partial charge in [0.15, 0.2) is 6.10 Å². The topological polar surface area (TPSA) is 55.4 Å². The molecule has 4 nitrogen and oxygen atoms in total. The van der Waals surface area contributed by atoms with Crippen LogP contribution in [0.25, 0.3) is 0 Å². The maximum atomic E-state index is 13.6. The summed E-state index contributed by atoms with van der Waals surface area (Å²) in [5, 5.41) is 2.59. The normalized spacial score (nSPS) is 11.7. The van der Waals surface area contributed by atoms with E-state index < -0.39 is 23.8 Å². The van der Waals surface area contributed by atoms with Crippen molar-refractivity contribution in [1.29, 1.82) is 0 Å². The summed E-state index contributed by atoms with van der Waals surface area (Å²) < 4.78 is 18.7. The van der Waals surface area contributed by atoms with Gasteiger partial charge in [0.2, 0.25) is 0 Å². The van der Waals surface area contributed by atoms with Gasteiger partial charge in [-0.05, 0) is 37.6 Å². The zero-order valence-corrected chi connectivity index (χ0v) is 14.1. The predicted molar refractivity (Wildman–Crippen MR) is 90.5 cm³/mol. The van der Waals surface area contributed by atoms with Crippen molar-refractivity contribution in [2.75, 3.05) is 5.32 Å². The molecular weight excluding hydrogens is 333 g/mol. The highest BCUT2D eigenvalue weighted by Gasteiger charge is 2.19. The molecule has 0 saturated carbocycles. The van der Waals surface area contributed by atoms with Crippen LogP contribution in [0.15, 0.2) is 42.5 Å². The minimum Gasteiger partial charge on any atom is -0.452 e. The first-order valence-electron chi connectivity index (χ1n) is 7.36. The van der Waals surface area contributed by atoms with E-state index in [4.69, 9.17) is 16.3 Å². The van der Waals surface area contributed by atoms with Gasteiger partial charge in [0, 0.05) is 5.02 Å². The first-order chi connectivity index (χ1) is 11.3. The third-order valence-electron chi connectivity index (χ3n) is 3.34. The van der Waals surface area contributed by atoms with Gasteiger partial charge in [-0.3, -0.25) is 9.59 Å². The summed E-state index contributed by atoms with van der Waals surface area (Å²) >= 11 is 5.65. The maximum absolute atomic E-state index is 13.6. The first kappa shape index (κ1) is 17.9. The molecule has 0 aliphatic heterocycles. The van der Waals surface area contributed by atoms with Crippen LogP contribution < -0.4 is 5.32 Å². The van der Waals surface area contributed by atoms with Crippen molar-refractivity contribution in [3.8, 4) is 0 Å². The average molecular weight is 350 g/mol. The number of anilines is 1. The zero-order valence-electron chi connectivity index (χ0n) is 13.3. The summed E-state index contributed by atoms with van der Waals surface area (Å²) in [6.45, 7) is 3.38. The van der Waals surface area contributed by atoms with E-state index >= 15 is 0 Å². The molecule has 0 heterocycles. The Morgan fingerprint density at radius 2 is 1.88 bits per heavy atom. The van der Waals surface area contributed by atoms with E-state index in [0.717, 1.165) is 17.2 Å². The Balaban J connectivity index is 1.90. The molecule has 0 aliphatic rings. The number of rotatable bonds is 5. The van der Waals surface area contributed by atoms with Gasteiger partial charge in [-0.15, -0.1) is 0 Å². The average Bonchev–Trinajstić information content (AvgIpc) is 2.52. The van der Waals surface area contributed by atoms with Crippen LogP contribution in [0.2, 0.25) is 5.02 Å². The van der Waals surface area contributed by atoms with Crippen LogP contribution in [0.5, 0.6) is 0 Å². The largest absolute Gasteiger partial charge is 0.452 e. The Kier molecular flexibility index (Phi) is 5.93. The molecule has 126 valence electrons. The number of benzene rings is 2. The van der Waals surface area contributed by atoms with E-state index in [1.54, 1.807) is 0 Å². The standard InChI is InChI=1S/C18H17ClFNO3/c1-11-3-5-13(6-4-11)9-17(22)24-12(2)18(23)21-16-8-7-14(19)10-15(16)20/h3-8,10,12H,9H2,1-2H3,(H,21,23)/t12-/m1/s1. The van der Waals surface area contributed by atoms with Crippen molar-refractivity contribution in [1.82, 2.24) is 0 Å². The SMILES string of the molecule is Cc1ccc(CC(=O)O[C@H](C)C(=O)Nc2ccc(Cl)cc2F)cc1. The predicted octanol–water partition coefficient (Wildman–Crippen LogP) is 3.90. The van der Waals surface area contributed by atoms with Crippen molar-refractivity contribution in [2.45, 2.75) is 26.4 Å². The van der Waals surface area contributed by atoms with Crippen molar-refractivity contribution in [3.05, 3.63) is 64.4 Å². The lowest BCUT2D eigenvalue weighted by Gasteiger charge is -2.14. The van der Waals surface area contributed by atoms with Crippen molar-refractivity contribution < 1.29 is 18.7 Å². The van der Waals surface area contributed by atoms with E-state index in [1.807, 2.05) is 31.2 Å². The van der Waals surface area contributed by atoms with E-state index in [-0.39, 0.29) is 17.1 Å². The Morgan fingerprint density at radius 3 is 2.50 bits per heavy atom. The lowest BCUT2D eigenvalue weighted by Crippen LogP contribution is -2.30. The number of hydrogen-bond acceptors (Lipinski definition) is 3. The Labute approximate surface area is 144 Å². The fourth-order valence-electron chi connectivity index (χ4n) is 1.99. The van der Waals surface area contributed by atoms with Gasteiger partial charge >= 0.3 is 5.97 Å². The number of carbonyl (C=O) groups is 2. The van der Waals surface area contributed by atoms with Gasteiger partial charge in [0.25, 0.3) is 5.91 Å². The molecule has 2 aromatic carbocycles. The smallest absolute Gasteiger partial charge is 0.311 e. The van der Waals surface area contributed by atoms with Crippen LogP contribution in [0.1, 0.15) is 18.1 Å². The van der Waals surface area contributed by atoms with Gasteiger partial charge < -0.3 is 10.1 Å². The van der Waals surface area contributed by atoms with Gasteiger partial charge in [0.1, 0.15) is 5.82 Å². The molecule has 1 amide bonds. The summed E-state index contributed by atoms with van der Waals surface area (Å²) in [6, 6.07) is 11.3. The molecular formula is C18H17ClFNO3. The second-order valence-corrected chi connectivity index (χ2v) is 5.84. The van der Waals surface area contributed by atoms with Crippen LogP contribution in [0, 0.1) is 12.7 Å². The second-order valence-electron chi connectivity index (χ2n) is 5.41. The molecule has 0 bridgehead atoms. The van der Waals surface area contributed by atoms with Gasteiger partial charge in [-0.25, -0.2) is 4.39 Å². The molecule has 0 aliphatic carbocycles. The molecule has 2 aromatic rings. The number of amides is 1. The van der Waals surface area contributed by atoms with Crippen molar-refractivity contribution >= 4 is 29.2 Å². The molecule has 0 aromatic heterocycles. The number of esters is 1. The highest BCUT2D eigenvalue weighted by Crippen LogP contribution is 2.19. The van der Waals surface area contributed by atoms with Gasteiger partial charge in [0.05, 0.1) is 12.1 Å². The number of halogens is 2. The van der Waals surface area contributed by atoms with Crippen LogP contribution in [-0.4, -0.2) is 18.0 Å². The van der Waals surface area contributed by atoms with Crippen molar-refractivity contribution in [2.24, 2.45) is 0 Å². The monoisotopic (exact) mass is 349 g/mol. The lowest BCUT2D eigenvalue weighted by atomic mass is 10.1. The fraction of sp³-hybridized carbons (Fsp3) is 0.222. The van der Waals surface area contributed by atoms with Crippen LogP contribution in [0.3, 0.4) is 0 Å². The highest BCUT2D eigenvalue weighted by molar-refractivity contribution is 6.30. The van der Waals surface area contributed by atoms with Gasteiger partial charge in [-0.2, -0.15) is 0 Å². The Bertz CT molecular complexity index is 746. The third-order valence-corrected chi connectivity index (χ3v) is 3.57. The molecule has 1 N–H and O–H groups in total. The van der Waals surface area contributed by atoms with E-state index in [1.165, 1.54) is 19.1 Å². The van der Waals surface area contributed by atoms with E-state index in [0.29, 0.717) is 0 Å². The van der Waals surface area contributed by atoms with Crippen LogP contribution >= 0.6 is 11.6 Å². The Morgan fingerprint density at radius 1 is 1.21 bits per heavy atom. The summed E-state index contributed by atoms with van der Waals surface area (Å²) in [5.41, 5.74) is 1.86. The zero-order chi connectivity index (χ0) is 17.7. The number of nitrogens with one attached hydrogen (secondary N) is 1. The van der Waals surface area contributed by atoms with E-state index in [9.17, 15) is 14.0 Å². The summed E-state index contributed by atoms with van der Waals surface area (Å²) in [4.78, 5) is 23.9. The highest BCUT2D eigenvalue weighted by atomic mass is 35.5. The molecule has 1 atom stereocenters. The van der Waals surface area contributed by atoms with Crippen LogP contribution in [-0.2, 0) is 20.7 Å². The first-order valence-corrected chi connectivity index (χ1v) is 7.74. The lowest BCUT2D eigenvalue weighted by molar-refractivity contribution is -0.152. The second kappa shape index (κ2) is 7.93. The molecule has 0 unspecified atom stereocenters. The van der Waals surface area contributed by atoms with Crippen LogP contribution in [0.4, 0.5) is 10.1 Å². The molecule has 0 radical (unpaired) electrons. The third kappa shape index (κ3) is 5.06. The number of hydrogen-bond donors (Lipinski definition) is 1. The fourth-order valence-corrected chi connectivity index (χ4v) is 2.15. The molecule has 6 heteroatoms. The summed E-state index contributed by atoms with van der Waals surface area (Å²) in [7, 11) is 0. The number of aryl methyl sites for hydroxylation is 1. The van der Waals surface area contributed by atoms with Crippen molar-refractivity contribution in [3.63, 3.8) is 0 Å². The molecule has 24 heavy (non-hydrogen) atoms. The molecule has 0 saturated heterocycles. The number of carbonyl (C=O) groups excluding carboxylic acids is 2. The van der Waals surface area contributed by atoms with E-state index in [2.05, 4.69) is 5.32 Å². The number of ether oxygens (including phenoxy) is 1. The maximum Gasteiger partial charge on any atom is 0.311 e.